The van der Waals surface area contributed by atoms with Gasteiger partial charge >= 0.3 is 0 Å². The molecule has 0 aliphatic heterocycles. The average Bonchev–Trinajstić information content (AvgIpc) is 2.53. The molecule has 7 aliphatic rings. The second-order valence-electron chi connectivity index (χ2n) is 8.46. The number of para-hydroxylation sites is 1. The highest BCUT2D eigenvalue weighted by atomic mass is 16.3. The van der Waals surface area contributed by atoms with Gasteiger partial charge in [-0.2, -0.15) is 0 Å². The number of phenolic OH excluding ortho intramolecular Hbond substituents is 1. The normalized spacial score (nSPS) is 50.9. The summed E-state index contributed by atoms with van der Waals surface area (Å²) in [5, 5.41) is 8.63. The third-order valence-electron chi connectivity index (χ3n) is 7.69. The van der Waals surface area contributed by atoms with Crippen molar-refractivity contribution in [3.8, 4) is 5.75 Å². The van der Waals surface area contributed by atoms with Crippen LogP contribution in [0.2, 0.25) is 0 Å². The SMILES string of the molecule is C1C2CC3C4CC5CC(C14)C(C2)C3C5.Oc1ccccc1. The molecule has 7 saturated carbocycles. The molecule has 1 heteroatoms. The molecule has 0 saturated heterocycles. The minimum atomic E-state index is 0.322. The van der Waals surface area contributed by atoms with Gasteiger partial charge < -0.3 is 5.11 Å². The van der Waals surface area contributed by atoms with Crippen molar-refractivity contribution in [3.63, 3.8) is 0 Å². The van der Waals surface area contributed by atoms with Crippen LogP contribution in [0.3, 0.4) is 0 Å². The second kappa shape index (κ2) is 4.51. The molecule has 0 spiro atoms. The van der Waals surface area contributed by atoms with Gasteiger partial charge in [-0.1, -0.05) is 18.2 Å². The van der Waals surface area contributed by atoms with E-state index in [9.17, 15) is 0 Å². The van der Waals surface area contributed by atoms with Crippen molar-refractivity contribution >= 4 is 0 Å². The fraction of sp³-hybridized carbons (Fsp3) is 0.700. The first-order valence-electron chi connectivity index (χ1n) is 9.03. The van der Waals surface area contributed by atoms with Crippen molar-refractivity contribution < 1.29 is 5.11 Å². The zero-order valence-electron chi connectivity index (χ0n) is 12.7. The highest BCUT2D eigenvalue weighted by Gasteiger charge is 2.63. The quantitative estimate of drug-likeness (QED) is 0.730. The number of rotatable bonds is 0. The van der Waals surface area contributed by atoms with Crippen LogP contribution in [-0.2, 0) is 0 Å². The highest BCUT2D eigenvalue weighted by molar-refractivity contribution is 5.18. The van der Waals surface area contributed by atoms with Gasteiger partial charge in [0.2, 0.25) is 0 Å². The van der Waals surface area contributed by atoms with E-state index in [0.29, 0.717) is 5.75 Å². The Bertz CT molecular complexity index is 434. The first-order valence-corrected chi connectivity index (χ1v) is 9.03. The minimum absolute atomic E-state index is 0.322. The van der Waals surface area contributed by atoms with Gasteiger partial charge in [0.1, 0.15) is 5.75 Å². The molecule has 1 aromatic carbocycles. The van der Waals surface area contributed by atoms with Gasteiger partial charge in [0.15, 0.2) is 0 Å². The number of aromatic hydroxyl groups is 1. The van der Waals surface area contributed by atoms with Gasteiger partial charge in [-0.05, 0) is 98.0 Å². The maximum absolute atomic E-state index is 8.63. The number of phenols is 1. The molecular formula is C20H26O. The third kappa shape index (κ3) is 1.82. The zero-order chi connectivity index (χ0) is 14.0. The Kier molecular flexibility index (Phi) is 2.69. The van der Waals surface area contributed by atoms with Crippen LogP contribution in [0.4, 0.5) is 0 Å². The second-order valence-corrected chi connectivity index (χ2v) is 8.46. The van der Waals surface area contributed by atoms with E-state index in [0.717, 1.165) is 0 Å². The molecule has 7 fully saturated rings. The highest BCUT2D eigenvalue weighted by Crippen LogP contribution is 2.71. The van der Waals surface area contributed by atoms with Crippen LogP contribution in [0, 0.1) is 47.3 Å². The standard InChI is InChI=1S/C14H20.C6H6O/c1-7-2-12-10-4-8-5-11(9(1)10)13(3-7)14(12)6-8;7-6-4-2-1-3-5-6/h7-14H,1-6H2;1-5,7H. The van der Waals surface area contributed by atoms with Gasteiger partial charge in [-0.25, -0.2) is 0 Å². The van der Waals surface area contributed by atoms with Gasteiger partial charge in [-0.15, -0.1) is 0 Å². The molecule has 8 rings (SSSR count). The van der Waals surface area contributed by atoms with Crippen LogP contribution >= 0.6 is 0 Å². The lowest BCUT2D eigenvalue weighted by Crippen LogP contribution is -2.62. The van der Waals surface area contributed by atoms with Crippen LogP contribution in [-0.4, -0.2) is 5.11 Å². The van der Waals surface area contributed by atoms with Crippen molar-refractivity contribution in [1.82, 2.24) is 0 Å². The molecule has 1 nitrogen and oxygen atoms in total. The molecular weight excluding hydrogens is 256 g/mol. The molecule has 0 heterocycles. The van der Waals surface area contributed by atoms with Crippen molar-refractivity contribution in [3.05, 3.63) is 30.3 Å². The maximum atomic E-state index is 8.63. The maximum Gasteiger partial charge on any atom is 0.115 e. The lowest BCUT2D eigenvalue weighted by atomic mass is 9.36. The summed E-state index contributed by atoms with van der Waals surface area (Å²) in [6.45, 7) is 0. The van der Waals surface area contributed by atoms with Gasteiger partial charge in [0.25, 0.3) is 0 Å². The largest absolute Gasteiger partial charge is 0.508 e. The first-order chi connectivity index (χ1) is 10.3. The van der Waals surface area contributed by atoms with E-state index in [4.69, 9.17) is 5.11 Å². The number of benzene rings is 1. The van der Waals surface area contributed by atoms with Crippen LogP contribution in [0.15, 0.2) is 30.3 Å². The molecule has 1 aromatic rings. The number of hydrogen-bond donors (Lipinski definition) is 1. The molecule has 21 heavy (non-hydrogen) atoms. The summed E-state index contributed by atoms with van der Waals surface area (Å²) >= 11 is 0. The van der Waals surface area contributed by atoms with E-state index >= 15 is 0 Å². The summed E-state index contributed by atoms with van der Waals surface area (Å²) in [6.07, 6.45) is 9.93. The van der Waals surface area contributed by atoms with E-state index in [1.54, 1.807) is 62.8 Å². The Morgan fingerprint density at radius 1 is 0.571 bits per heavy atom. The molecule has 0 radical (unpaired) electrons. The van der Waals surface area contributed by atoms with Crippen molar-refractivity contribution in [1.29, 1.82) is 0 Å². The Morgan fingerprint density at radius 3 is 1.14 bits per heavy atom. The van der Waals surface area contributed by atoms with Crippen LogP contribution in [0.25, 0.3) is 0 Å². The summed E-state index contributed by atoms with van der Waals surface area (Å²) in [6, 6.07) is 8.71. The van der Waals surface area contributed by atoms with E-state index in [1.165, 1.54) is 47.3 Å². The lowest BCUT2D eigenvalue weighted by Gasteiger charge is -2.69. The smallest absolute Gasteiger partial charge is 0.115 e. The summed E-state index contributed by atoms with van der Waals surface area (Å²) in [5.74, 6) is 10.1. The monoisotopic (exact) mass is 282 g/mol. The van der Waals surface area contributed by atoms with E-state index in [-0.39, 0.29) is 0 Å². The molecule has 0 aromatic heterocycles. The summed E-state index contributed by atoms with van der Waals surface area (Å²) in [4.78, 5) is 0. The Balaban J connectivity index is 0.000000128. The Labute approximate surface area is 127 Å². The van der Waals surface area contributed by atoms with E-state index in [2.05, 4.69) is 0 Å². The molecule has 0 amide bonds. The Morgan fingerprint density at radius 2 is 0.905 bits per heavy atom. The molecule has 0 unspecified atom stereocenters. The van der Waals surface area contributed by atoms with Crippen molar-refractivity contribution in [2.75, 3.05) is 0 Å². The molecule has 0 atom stereocenters. The zero-order valence-corrected chi connectivity index (χ0v) is 12.7. The van der Waals surface area contributed by atoms with E-state index < -0.39 is 0 Å². The van der Waals surface area contributed by atoms with Gasteiger partial charge in [0, 0.05) is 0 Å². The summed E-state index contributed by atoms with van der Waals surface area (Å²) in [5.41, 5.74) is 0. The fourth-order valence-electron chi connectivity index (χ4n) is 7.32. The van der Waals surface area contributed by atoms with Crippen LogP contribution in [0.1, 0.15) is 38.5 Å². The molecule has 8 bridgehead atoms. The van der Waals surface area contributed by atoms with Gasteiger partial charge in [-0.3, -0.25) is 0 Å². The predicted octanol–water partition coefficient (Wildman–Crippen LogP) is 4.72. The van der Waals surface area contributed by atoms with Gasteiger partial charge in [0.05, 0.1) is 0 Å². The average molecular weight is 282 g/mol. The van der Waals surface area contributed by atoms with Crippen LogP contribution < -0.4 is 0 Å². The molecule has 1 N–H and O–H groups in total. The molecule has 7 aliphatic carbocycles. The third-order valence-corrected chi connectivity index (χ3v) is 7.69. The Hall–Kier alpha value is -0.980. The predicted molar refractivity (Wildman–Crippen MR) is 83.7 cm³/mol. The molecule has 112 valence electrons. The van der Waals surface area contributed by atoms with E-state index in [1.807, 2.05) is 6.07 Å². The fourth-order valence-corrected chi connectivity index (χ4v) is 7.32. The van der Waals surface area contributed by atoms with Crippen molar-refractivity contribution in [2.24, 2.45) is 47.3 Å². The summed E-state index contributed by atoms with van der Waals surface area (Å²) < 4.78 is 0. The first kappa shape index (κ1) is 12.6. The number of hydrogen-bond acceptors (Lipinski definition) is 1. The topological polar surface area (TPSA) is 20.2 Å². The lowest BCUT2D eigenvalue weighted by molar-refractivity contribution is -0.202. The summed E-state index contributed by atoms with van der Waals surface area (Å²) in [7, 11) is 0. The van der Waals surface area contributed by atoms with Crippen LogP contribution in [0.5, 0.6) is 5.75 Å². The van der Waals surface area contributed by atoms with Crippen molar-refractivity contribution in [2.45, 2.75) is 38.5 Å². The minimum Gasteiger partial charge on any atom is -0.508 e.